The van der Waals surface area contributed by atoms with Crippen molar-refractivity contribution in [3.63, 3.8) is 0 Å². The Kier molecular flexibility index (Phi) is 3.53. The molecule has 0 amide bonds. The van der Waals surface area contributed by atoms with Gasteiger partial charge in [0.25, 0.3) is 0 Å². The van der Waals surface area contributed by atoms with Gasteiger partial charge in [-0.15, -0.1) is 0 Å². The molecule has 0 atom stereocenters. The molecule has 2 aliphatic rings. The highest BCUT2D eigenvalue weighted by Gasteiger charge is 2.22. The van der Waals surface area contributed by atoms with E-state index in [1.165, 1.54) is 12.7 Å². The van der Waals surface area contributed by atoms with Crippen molar-refractivity contribution in [3.8, 4) is 22.4 Å². The molecule has 0 aliphatic heterocycles. The normalized spacial score (nSPS) is 11.2. The van der Waals surface area contributed by atoms with Crippen LogP contribution in [0.2, 0.25) is 0 Å². The van der Waals surface area contributed by atoms with Crippen LogP contribution in [-0.4, -0.2) is 22.5 Å². The predicted molar refractivity (Wildman–Crippen MR) is 98.1 cm³/mol. The van der Waals surface area contributed by atoms with Gasteiger partial charge in [-0.2, -0.15) is 0 Å². The number of hydrogen-bond donors (Lipinski definition) is 0. The van der Waals surface area contributed by atoms with Gasteiger partial charge >= 0.3 is 5.97 Å². The Hall–Kier alpha value is -3.14. The summed E-state index contributed by atoms with van der Waals surface area (Å²) in [7, 11) is 1.40. The van der Waals surface area contributed by atoms with Crippen LogP contribution in [0.15, 0.2) is 54.7 Å². The van der Waals surface area contributed by atoms with Crippen molar-refractivity contribution in [1.82, 2.24) is 9.38 Å². The van der Waals surface area contributed by atoms with Crippen LogP contribution in [0, 0.1) is 13.8 Å². The molecular weight excluding hydrogens is 312 g/mol. The number of fused-ring (bicyclic) bond motifs is 2. The van der Waals surface area contributed by atoms with E-state index in [4.69, 9.17) is 9.72 Å². The minimum atomic E-state index is -0.335. The fourth-order valence-corrected chi connectivity index (χ4v) is 3.36. The second-order valence-corrected chi connectivity index (χ2v) is 6.23. The number of aryl methyl sites for hydroxylation is 2. The summed E-state index contributed by atoms with van der Waals surface area (Å²) in [5.41, 5.74) is 7.42. The van der Waals surface area contributed by atoms with Gasteiger partial charge in [-0.25, -0.2) is 9.78 Å². The van der Waals surface area contributed by atoms with E-state index in [9.17, 15) is 4.79 Å². The lowest BCUT2D eigenvalue weighted by atomic mass is 10.1. The maximum absolute atomic E-state index is 12.2. The van der Waals surface area contributed by atoms with E-state index < -0.39 is 0 Å². The van der Waals surface area contributed by atoms with Gasteiger partial charge in [0.1, 0.15) is 5.65 Å². The van der Waals surface area contributed by atoms with Crippen molar-refractivity contribution < 1.29 is 9.53 Å². The van der Waals surface area contributed by atoms with Crippen LogP contribution in [-0.2, 0) is 4.74 Å². The SMILES string of the molecule is COC(=O)c1cc(-c2cn3c(C)cc(C)cc3n2)c2cccccc1-2. The zero-order valence-corrected chi connectivity index (χ0v) is 14.4. The number of aromatic nitrogens is 2. The van der Waals surface area contributed by atoms with Crippen molar-refractivity contribution in [2.45, 2.75) is 13.8 Å². The molecule has 2 aromatic heterocycles. The summed E-state index contributed by atoms with van der Waals surface area (Å²) in [5.74, 6) is -0.335. The number of esters is 1. The monoisotopic (exact) mass is 330 g/mol. The van der Waals surface area contributed by atoms with Crippen LogP contribution in [0.25, 0.3) is 28.0 Å². The Bertz CT molecular complexity index is 1080. The molecule has 0 radical (unpaired) electrons. The quantitative estimate of drug-likeness (QED) is 0.508. The maximum Gasteiger partial charge on any atom is 0.338 e. The Morgan fingerprint density at radius 1 is 1.00 bits per heavy atom. The lowest BCUT2D eigenvalue weighted by Crippen LogP contribution is -1.99. The Morgan fingerprint density at radius 2 is 1.76 bits per heavy atom. The summed E-state index contributed by atoms with van der Waals surface area (Å²) in [4.78, 5) is 17.0. The number of nitrogens with zero attached hydrogens (tertiary/aromatic N) is 2. The number of ether oxygens (including phenoxy) is 1. The minimum absolute atomic E-state index is 0.335. The summed E-state index contributed by atoms with van der Waals surface area (Å²) < 4.78 is 7.02. The number of carbonyl (C=O) groups excluding carboxylic acids is 1. The third kappa shape index (κ3) is 2.47. The summed E-state index contributed by atoms with van der Waals surface area (Å²) >= 11 is 0. The van der Waals surface area contributed by atoms with Crippen LogP contribution in [0.5, 0.6) is 0 Å². The second-order valence-electron chi connectivity index (χ2n) is 6.23. The summed E-state index contributed by atoms with van der Waals surface area (Å²) in [5, 5.41) is 0. The highest BCUT2D eigenvalue weighted by Crippen LogP contribution is 2.38. The molecule has 0 unspecified atom stereocenters. The number of carbonyl (C=O) groups is 1. The maximum atomic E-state index is 12.2. The van der Waals surface area contributed by atoms with Gasteiger partial charge < -0.3 is 9.14 Å². The fraction of sp³-hybridized carbons (Fsp3) is 0.143. The van der Waals surface area contributed by atoms with Crippen LogP contribution >= 0.6 is 0 Å². The van der Waals surface area contributed by atoms with E-state index in [1.807, 2.05) is 42.6 Å². The summed E-state index contributed by atoms with van der Waals surface area (Å²) in [6, 6.07) is 15.9. The van der Waals surface area contributed by atoms with Gasteiger partial charge in [0.15, 0.2) is 0 Å². The average molecular weight is 330 g/mol. The first-order chi connectivity index (χ1) is 12.1. The molecule has 2 heterocycles. The van der Waals surface area contributed by atoms with Gasteiger partial charge in [-0.1, -0.05) is 30.3 Å². The number of pyridine rings is 1. The van der Waals surface area contributed by atoms with Gasteiger partial charge in [-0.05, 0) is 48.7 Å². The molecule has 0 bridgehead atoms. The summed E-state index contributed by atoms with van der Waals surface area (Å²) in [6.45, 7) is 4.13. The van der Waals surface area contributed by atoms with Gasteiger partial charge in [0, 0.05) is 17.5 Å². The molecule has 0 aromatic carbocycles. The second kappa shape index (κ2) is 5.74. The first-order valence-corrected chi connectivity index (χ1v) is 8.15. The molecule has 2 aliphatic carbocycles. The number of methoxy groups -OCH3 is 1. The molecule has 4 nitrogen and oxygen atoms in total. The largest absolute Gasteiger partial charge is 0.465 e. The first kappa shape index (κ1) is 15.4. The molecule has 2 aromatic rings. The molecule has 0 fully saturated rings. The molecule has 0 spiro atoms. The third-order valence-corrected chi connectivity index (χ3v) is 4.49. The Labute approximate surface area is 146 Å². The van der Waals surface area contributed by atoms with Crippen molar-refractivity contribution >= 4 is 11.6 Å². The molecule has 4 rings (SSSR count). The van der Waals surface area contributed by atoms with Crippen LogP contribution in [0.4, 0.5) is 0 Å². The third-order valence-electron chi connectivity index (χ3n) is 4.49. The van der Waals surface area contributed by atoms with E-state index in [-0.39, 0.29) is 5.97 Å². The van der Waals surface area contributed by atoms with Gasteiger partial charge in [0.2, 0.25) is 0 Å². The number of imidazole rings is 1. The molecule has 0 saturated carbocycles. The van der Waals surface area contributed by atoms with Crippen molar-refractivity contribution in [3.05, 3.63) is 71.5 Å². The smallest absolute Gasteiger partial charge is 0.338 e. The molecule has 124 valence electrons. The van der Waals surface area contributed by atoms with Gasteiger partial charge in [0.05, 0.1) is 18.4 Å². The molecule has 0 saturated heterocycles. The van der Waals surface area contributed by atoms with E-state index in [0.29, 0.717) is 5.56 Å². The molecule has 0 N–H and O–H groups in total. The van der Waals surface area contributed by atoms with Crippen molar-refractivity contribution in [1.29, 1.82) is 0 Å². The lowest BCUT2D eigenvalue weighted by molar-refractivity contribution is 0.0602. The van der Waals surface area contributed by atoms with Crippen molar-refractivity contribution in [2.75, 3.05) is 7.11 Å². The van der Waals surface area contributed by atoms with E-state index in [2.05, 4.69) is 30.4 Å². The zero-order chi connectivity index (χ0) is 17.6. The zero-order valence-electron chi connectivity index (χ0n) is 14.4. The van der Waals surface area contributed by atoms with Crippen molar-refractivity contribution in [2.24, 2.45) is 0 Å². The Balaban J connectivity index is 1.99. The predicted octanol–water partition coefficient (Wildman–Crippen LogP) is 4.51. The first-order valence-electron chi connectivity index (χ1n) is 8.15. The van der Waals surface area contributed by atoms with Crippen LogP contribution in [0.1, 0.15) is 21.6 Å². The number of rotatable bonds is 2. The topological polar surface area (TPSA) is 43.6 Å². The fourth-order valence-electron chi connectivity index (χ4n) is 3.36. The standard InChI is InChI=1S/C21H18N2O2/c1-13-9-14(2)23-12-19(22-20(23)10-13)17-11-18(21(24)25-3)16-8-6-4-5-7-15(16)17/h4-12H,1-3H3. The highest BCUT2D eigenvalue weighted by atomic mass is 16.5. The van der Waals surface area contributed by atoms with E-state index in [1.54, 1.807) is 0 Å². The molecular formula is C21H18N2O2. The van der Waals surface area contributed by atoms with Gasteiger partial charge in [-0.3, -0.25) is 0 Å². The Morgan fingerprint density at radius 3 is 2.52 bits per heavy atom. The van der Waals surface area contributed by atoms with E-state index >= 15 is 0 Å². The molecule has 4 heteroatoms. The van der Waals surface area contributed by atoms with Crippen LogP contribution < -0.4 is 0 Å². The number of hydrogen-bond acceptors (Lipinski definition) is 3. The lowest BCUT2D eigenvalue weighted by Gasteiger charge is -2.00. The molecule has 25 heavy (non-hydrogen) atoms. The average Bonchev–Trinajstić information content (AvgIpc) is 3.07. The minimum Gasteiger partial charge on any atom is -0.465 e. The van der Waals surface area contributed by atoms with Crippen LogP contribution in [0.3, 0.4) is 0 Å². The highest BCUT2D eigenvalue weighted by molar-refractivity contribution is 6.04. The van der Waals surface area contributed by atoms with E-state index in [0.717, 1.165) is 33.7 Å². The summed E-state index contributed by atoms with van der Waals surface area (Å²) in [6.07, 6.45) is 2.02.